The second kappa shape index (κ2) is 5.41. The van der Waals surface area contributed by atoms with Crippen molar-refractivity contribution in [2.75, 3.05) is 0 Å². The molecule has 2 nitrogen and oxygen atoms in total. The molecule has 0 unspecified atom stereocenters. The molecule has 0 aliphatic carbocycles. The van der Waals surface area contributed by atoms with Crippen molar-refractivity contribution in [2.45, 2.75) is 0 Å². The van der Waals surface area contributed by atoms with Gasteiger partial charge in [-0.3, -0.25) is 9.97 Å². The first-order valence-corrected chi connectivity index (χ1v) is 7.25. The van der Waals surface area contributed by atoms with E-state index in [-0.39, 0.29) is 0 Å². The number of aromatic nitrogens is 2. The Kier molecular flexibility index (Phi) is 3.13. The van der Waals surface area contributed by atoms with Crippen LogP contribution in [0.3, 0.4) is 0 Å². The van der Waals surface area contributed by atoms with E-state index in [0.717, 1.165) is 0 Å². The van der Waals surface area contributed by atoms with Crippen LogP contribution in [0.1, 0.15) is 0 Å². The van der Waals surface area contributed by atoms with Crippen molar-refractivity contribution in [1.82, 2.24) is 9.97 Å². The maximum absolute atomic E-state index is 4.07. The van der Waals surface area contributed by atoms with Crippen LogP contribution in [0.15, 0.2) is 85.5 Å². The van der Waals surface area contributed by atoms with Crippen molar-refractivity contribution in [3.63, 3.8) is 0 Å². The molecule has 2 aromatic carbocycles. The van der Waals surface area contributed by atoms with E-state index in [1.807, 2.05) is 49.1 Å². The molecule has 4 aromatic rings. The van der Waals surface area contributed by atoms with E-state index >= 15 is 0 Å². The van der Waals surface area contributed by atoms with Crippen molar-refractivity contribution in [2.24, 2.45) is 0 Å². The van der Waals surface area contributed by atoms with Crippen LogP contribution >= 0.6 is 0 Å². The highest BCUT2D eigenvalue weighted by Crippen LogP contribution is 2.28. The van der Waals surface area contributed by atoms with E-state index in [4.69, 9.17) is 0 Å². The summed E-state index contributed by atoms with van der Waals surface area (Å²) in [4.78, 5) is 8.15. The molecule has 0 bridgehead atoms. The minimum atomic E-state index is 1.19. The summed E-state index contributed by atoms with van der Waals surface area (Å²) in [5.74, 6) is 0. The molecule has 0 amide bonds. The minimum absolute atomic E-state index is 1.19. The van der Waals surface area contributed by atoms with E-state index in [1.165, 1.54) is 33.0 Å². The van der Waals surface area contributed by atoms with Crippen LogP contribution in [0.4, 0.5) is 0 Å². The molecule has 2 heterocycles. The normalized spacial score (nSPS) is 10.7. The molecule has 0 spiro atoms. The fourth-order valence-electron chi connectivity index (χ4n) is 2.69. The fraction of sp³-hybridized carbons (Fsp3) is 0. The maximum Gasteiger partial charge on any atom is 0.0273 e. The molecule has 0 radical (unpaired) electrons. The molecular formula is C20H14N2. The molecule has 0 fully saturated rings. The molecular weight excluding hydrogens is 268 g/mol. The van der Waals surface area contributed by atoms with Crippen LogP contribution in [0.5, 0.6) is 0 Å². The number of fused-ring (bicyclic) bond motifs is 1. The summed E-state index contributed by atoms with van der Waals surface area (Å²) in [5.41, 5.74) is 4.81. The van der Waals surface area contributed by atoms with Crippen molar-refractivity contribution in [3.8, 4) is 22.3 Å². The highest BCUT2D eigenvalue weighted by molar-refractivity contribution is 5.90. The number of rotatable bonds is 2. The first kappa shape index (κ1) is 12.7. The molecule has 0 aliphatic rings. The predicted molar refractivity (Wildman–Crippen MR) is 90.4 cm³/mol. The minimum Gasteiger partial charge on any atom is -0.265 e. The fourth-order valence-corrected chi connectivity index (χ4v) is 2.69. The number of hydrogen-bond donors (Lipinski definition) is 0. The van der Waals surface area contributed by atoms with E-state index in [0.29, 0.717) is 0 Å². The van der Waals surface area contributed by atoms with Crippen molar-refractivity contribution >= 4 is 10.8 Å². The molecule has 0 aliphatic heterocycles. The molecule has 0 N–H and O–H groups in total. The highest BCUT2D eigenvalue weighted by atomic mass is 14.6. The first-order chi connectivity index (χ1) is 10.9. The Morgan fingerprint density at radius 3 is 1.23 bits per heavy atom. The average Bonchev–Trinajstić information content (AvgIpc) is 2.62. The Morgan fingerprint density at radius 1 is 0.409 bits per heavy atom. The van der Waals surface area contributed by atoms with Gasteiger partial charge < -0.3 is 0 Å². The van der Waals surface area contributed by atoms with Crippen molar-refractivity contribution in [3.05, 3.63) is 85.5 Å². The van der Waals surface area contributed by atoms with Gasteiger partial charge in [0.05, 0.1) is 0 Å². The topological polar surface area (TPSA) is 25.8 Å². The largest absolute Gasteiger partial charge is 0.265 e. The van der Waals surface area contributed by atoms with Gasteiger partial charge in [-0.15, -0.1) is 0 Å². The van der Waals surface area contributed by atoms with Gasteiger partial charge in [-0.25, -0.2) is 0 Å². The average molecular weight is 282 g/mol. The van der Waals surface area contributed by atoms with Crippen molar-refractivity contribution < 1.29 is 0 Å². The third kappa shape index (κ3) is 2.35. The Balaban J connectivity index is 1.80. The van der Waals surface area contributed by atoms with Crippen LogP contribution in [-0.4, -0.2) is 9.97 Å². The van der Waals surface area contributed by atoms with Gasteiger partial charge in [-0.1, -0.05) is 24.3 Å². The lowest BCUT2D eigenvalue weighted by molar-refractivity contribution is 1.33. The summed E-state index contributed by atoms with van der Waals surface area (Å²) in [6.45, 7) is 0. The summed E-state index contributed by atoms with van der Waals surface area (Å²) in [5, 5.41) is 2.49. The summed E-state index contributed by atoms with van der Waals surface area (Å²) in [6, 6.07) is 21.3. The van der Waals surface area contributed by atoms with Gasteiger partial charge in [0.15, 0.2) is 0 Å². The van der Waals surface area contributed by atoms with E-state index in [2.05, 4.69) is 46.4 Å². The van der Waals surface area contributed by atoms with Gasteiger partial charge in [0.25, 0.3) is 0 Å². The lowest BCUT2D eigenvalue weighted by atomic mass is 9.98. The standard InChI is InChI=1S/C20H14N2/c1-3-19-14-18(16-7-11-22-12-8-16)2-4-20(19)13-17(1)15-5-9-21-10-6-15/h1-14H. The van der Waals surface area contributed by atoms with Crippen molar-refractivity contribution in [1.29, 1.82) is 0 Å². The number of pyridine rings is 2. The zero-order valence-corrected chi connectivity index (χ0v) is 12.0. The van der Waals surface area contributed by atoms with E-state index < -0.39 is 0 Å². The lowest BCUT2D eigenvalue weighted by Gasteiger charge is -2.06. The van der Waals surface area contributed by atoms with Crippen LogP contribution in [0.2, 0.25) is 0 Å². The maximum atomic E-state index is 4.07. The molecule has 104 valence electrons. The Morgan fingerprint density at radius 2 is 0.818 bits per heavy atom. The van der Waals surface area contributed by atoms with Crippen LogP contribution in [-0.2, 0) is 0 Å². The molecule has 22 heavy (non-hydrogen) atoms. The van der Waals surface area contributed by atoms with Crippen LogP contribution in [0, 0.1) is 0 Å². The lowest BCUT2D eigenvalue weighted by Crippen LogP contribution is -1.82. The van der Waals surface area contributed by atoms with E-state index in [9.17, 15) is 0 Å². The van der Waals surface area contributed by atoms with Gasteiger partial charge in [0.1, 0.15) is 0 Å². The van der Waals surface area contributed by atoms with Gasteiger partial charge in [0, 0.05) is 24.8 Å². The summed E-state index contributed by atoms with van der Waals surface area (Å²) < 4.78 is 0. The first-order valence-electron chi connectivity index (χ1n) is 7.25. The Labute approximate surface area is 129 Å². The second-order valence-electron chi connectivity index (χ2n) is 5.25. The predicted octanol–water partition coefficient (Wildman–Crippen LogP) is 4.96. The van der Waals surface area contributed by atoms with Gasteiger partial charge in [0.2, 0.25) is 0 Å². The molecule has 4 rings (SSSR count). The highest BCUT2D eigenvalue weighted by Gasteiger charge is 2.02. The number of nitrogens with zero attached hydrogens (tertiary/aromatic N) is 2. The summed E-state index contributed by atoms with van der Waals surface area (Å²) in [6.07, 6.45) is 7.30. The van der Waals surface area contributed by atoms with Crippen LogP contribution in [0.25, 0.3) is 33.0 Å². The van der Waals surface area contributed by atoms with Gasteiger partial charge in [-0.05, 0) is 69.4 Å². The Bertz CT molecular complexity index is 837. The molecule has 2 heteroatoms. The third-order valence-corrected chi connectivity index (χ3v) is 3.87. The smallest absolute Gasteiger partial charge is 0.0273 e. The van der Waals surface area contributed by atoms with E-state index in [1.54, 1.807) is 0 Å². The second-order valence-corrected chi connectivity index (χ2v) is 5.25. The Hall–Kier alpha value is -3.00. The molecule has 0 saturated carbocycles. The quantitative estimate of drug-likeness (QED) is 0.519. The summed E-state index contributed by atoms with van der Waals surface area (Å²) in [7, 11) is 0. The molecule has 2 aromatic heterocycles. The zero-order valence-electron chi connectivity index (χ0n) is 12.0. The number of hydrogen-bond acceptors (Lipinski definition) is 2. The van der Waals surface area contributed by atoms with Crippen LogP contribution < -0.4 is 0 Å². The molecule has 0 atom stereocenters. The zero-order chi connectivity index (χ0) is 14.8. The third-order valence-electron chi connectivity index (χ3n) is 3.87. The number of benzene rings is 2. The summed E-state index contributed by atoms with van der Waals surface area (Å²) >= 11 is 0. The monoisotopic (exact) mass is 282 g/mol. The van der Waals surface area contributed by atoms with Gasteiger partial charge in [-0.2, -0.15) is 0 Å². The van der Waals surface area contributed by atoms with Gasteiger partial charge >= 0.3 is 0 Å². The molecule has 0 saturated heterocycles. The SMILES string of the molecule is c1cc(-c2ccc3cc(-c4ccncc4)ccc3c2)ccn1.